The van der Waals surface area contributed by atoms with E-state index in [-0.39, 0.29) is 16.8 Å². The van der Waals surface area contributed by atoms with E-state index in [1.54, 1.807) is 7.11 Å². The number of aromatic nitrogens is 3. The van der Waals surface area contributed by atoms with E-state index in [0.717, 1.165) is 19.3 Å². The van der Waals surface area contributed by atoms with Crippen LogP contribution in [-0.2, 0) is 14.9 Å². The van der Waals surface area contributed by atoms with Gasteiger partial charge in [-0.1, -0.05) is 6.07 Å². The van der Waals surface area contributed by atoms with Crippen molar-refractivity contribution in [2.75, 3.05) is 43.4 Å². The van der Waals surface area contributed by atoms with Crippen molar-refractivity contribution in [2.24, 2.45) is 0 Å². The number of nitrogens with zero attached hydrogens (tertiary/aromatic N) is 3. The second-order valence-corrected chi connectivity index (χ2v) is 9.30. The number of carbonyl (C=O) groups excluding carboxylic acids is 1. The van der Waals surface area contributed by atoms with Crippen LogP contribution in [0.1, 0.15) is 35.2 Å². The Bertz CT molecular complexity index is 1260. The number of aromatic amines is 1. The summed E-state index contributed by atoms with van der Waals surface area (Å²) in [7, 11) is -2.29. The molecule has 4 rings (SSSR count). The van der Waals surface area contributed by atoms with Crippen molar-refractivity contribution in [1.29, 1.82) is 0 Å². The maximum absolute atomic E-state index is 15.3. The highest BCUT2D eigenvalue weighted by atomic mass is 32.2. The molecule has 3 N–H and O–H groups in total. The Morgan fingerprint density at radius 1 is 1.24 bits per heavy atom. The number of hydrogen-bond donors (Lipinski definition) is 3. The van der Waals surface area contributed by atoms with Crippen LogP contribution in [-0.4, -0.2) is 66.8 Å². The summed E-state index contributed by atoms with van der Waals surface area (Å²) in [6.07, 6.45) is 5.05. The van der Waals surface area contributed by atoms with Crippen LogP contribution in [0, 0.1) is 5.82 Å². The summed E-state index contributed by atoms with van der Waals surface area (Å²) in [6, 6.07) is 4.05. The van der Waals surface area contributed by atoms with Crippen LogP contribution in [0.15, 0.2) is 30.7 Å². The van der Waals surface area contributed by atoms with Crippen molar-refractivity contribution in [3.8, 4) is 0 Å². The predicted octanol–water partition coefficient (Wildman–Crippen LogP) is 2.53. The number of fused-ring (bicyclic) bond motifs is 1. The van der Waals surface area contributed by atoms with Crippen molar-refractivity contribution >= 4 is 38.5 Å². The van der Waals surface area contributed by atoms with E-state index in [2.05, 4.69) is 25.0 Å². The first-order chi connectivity index (χ1) is 15.9. The maximum Gasteiger partial charge on any atom is 0.301 e. The molecule has 176 valence electrons. The summed E-state index contributed by atoms with van der Waals surface area (Å²) in [5.41, 5.74) is 0.0700. The molecule has 1 aliphatic rings. The molecule has 0 atom stereocenters. The first-order valence-corrected chi connectivity index (χ1v) is 12.0. The molecule has 0 saturated carbocycles. The summed E-state index contributed by atoms with van der Waals surface area (Å²) in [5, 5.41) is 3.58. The van der Waals surface area contributed by atoms with Crippen LogP contribution in [0.3, 0.4) is 0 Å². The molecular formula is C21H25FN6O4S. The number of nitrogens with one attached hydrogen (secondary N) is 3. The summed E-state index contributed by atoms with van der Waals surface area (Å²) in [6.45, 7) is 1.88. The van der Waals surface area contributed by atoms with Gasteiger partial charge in [0, 0.05) is 39.5 Å². The number of ketones is 1. The Labute approximate surface area is 190 Å². The predicted molar refractivity (Wildman–Crippen MR) is 122 cm³/mol. The van der Waals surface area contributed by atoms with Crippen LogP contribution in [0.25, 0.3) is 11.0 Å². The lowest BCUT2D eigenvalue weighted by Gasteiger charge is -2.17. The molecule has 0 aliphatic carbocycles. The number of H-pyrrole nitrogens is 1. The van der Waals surface area contributed by atoms with Gasteiger partial charge in [-0.15, -0.1) is 0 Å². The zero-order chi connectivity index (χ0) is 23.4. The Kier molecular flexibility index (Phi) is 6.86. The Hall–Kier alpha value is -3.09. The molecule has 1 saturated heterocycles. The second kappa shape index (κ2) is 9.81. The molecule has 33 heavy (non-hydrogen) atoms. The Balaban J connectivity index is 1.64. The lowest BCUT2D eigenvalue weighted by Crippen LogP contribution is -2.33. The molecule has 3 heterocycles. The van der Waals surface area contributed by atoms with Crippen LogP contribution in [0.4, 0.5) is 15.9 Å². The van der Waals surface area contributed by atoms with E-state index in [1.807, 2.05) is 0 Å². The average Bonchev–Trinajstić information content (AvgIpc) is 3.49. The number of rotatable bonds is 10. The van der Waals surface area contributed by atoms with Crippen molar-refractivity contribution in [3.63, 3.8) is 0 Å². The quantitative estimate of drug-likeness (QED) is 0.303. The largest absolute Gasteiger partial charge is 0.385 e. The van der Waals surface area contributed by atoms with Gasteiger partial charge in [-0.2, -0.15) is 12.7 Å². The Morgan fingerprint density at radius 2 is 2.03 bits per heavy atom. The topological polar surface area (TPSA) is 129 Å². The minimum absolute atomic E-state index is 0.179. The monoisotopic (exact) mass is 476 g/mol. The van der Waals surface area contributed by atoms with E-state index >= 15 is 4.39 Å². The third-order valence-electron chi connectivity index (χ3n) is 5.42. The van der Waals surface area contributed by atoms with E-state index in [1.165, 1.54) is 35.0 Å². The smallest absolute Gasteiger partial charge is 0.301 e. The van der Waals surface area contributed by atoms with Gasteiger partial charge >= 0.3 is 10.2 Å². The number of hydrogen-bond acceptors (Lipinski definition) is 7. The van der Waals surface area contributed by atoms with Gasteiger partial charge in [-0.3, -0.25) is 9.52 Å². The Morgan fingerprint density at radius 3 is 2.79 bits per heavy atom. The number of anilines is 2. The molecule has 0 amide bonds. The third-order valence-corrected chi connectivity index (χ3v) is 6.94. The molecule has 0 unspecified atom stereocenters. The van der Waals surface area contributed by atoms with Gasteiger partial charge in [0.1, 0.15) is 17.8 Å². The first kappa shape index (κ1) is 23.1. The summed E-state index contributed by atoms with van der Waals surface area (Å²) in [4.78, 5) is 24.6. The molecule has 10 nitrogen and oxygen atoms in total. The third kappa shape index (κ3) is 4.82. The van der Waals surface area contributed by atoms with Crippen molar-refractivity contribution < 1.29 is 22.3 Å². The summed E-state index contributed by atoms with van der Waals surface area (Å²) >= 11 is 0. The van der Waals surface area contributed by atoms with Gasteiger partial charge in [-0.05, 0) is 31.4 Å². The lowest BCUT2D eigenvalue weighted by molar-refractivity contribution is 0.103. The fourth-order valence-corrected chi connectivity index (χ4v) is 5.07. The number of carbonyl (C=O) groups is 1. The van der Waals surface area contributed by atoms with E-state index in [0.29, 0.717) is 43.1 Å². The standard InChI is InChI=1S/C21H25FN6O4S/c1-32-11-5-8-23-20-17-15(12-24-21(17)26-13-25-20)19(29)14-6-4-7-16(18(14)22)27-33(30,31)28-9-2-3-10-28/h4,6-7,12-13,27H,2-3,5,8-11H2,1H3,(H2,23,24,25,26). The molecule has 2 aromatic heterocycles. The van der Waals surface area contributed by atoms with Crippen molar-refractivity contribution in [1.82, 2.24) is 19.3 Å². The van der Waals surface area contributed by atoms with Gasteiger partial charge in [-0.25, -0.2) is 14.4 Å². The highest BCUT2D eigenvalue weighted by Crippen LogP contribution is 2.28. The van der Waals surface area contributed by atoms with Crippen LogP contribution < -0.4 is 10.0 Å². The highest BCUT2D eigenvalue weighted by Gasteiger charge is 2.28. The summed E-state index contributed by atoms with van der Waals surface area (Å²) in [5.74, 6) is -1.12. The van der Waals surface area contributed by atoms with Crippen LogP contribution >= 0.6 is 0 Å². The van der Waals surface area contributed by atoms with Crippen molar-refractivity contribution in [3.05, 3.63) is 47.7 Å². The maximum atomic E-state index is 15.3. The highest BCUT2D eigenvalue weighted by molar-refractivity contribution is 7.90. The average molecular weight is 477 g/mol. The fraction of sp³-hybridized carbons (Fsp3) is 0.381. The zero-order valence-electron chi connectivity index (χ0n) is 18.1. The van der Waals surface area contributed by atoms with Gasteiger partial charge in [0.25, 0.3) is 0 Å². The number of benzene rings is 1. The lowest BCUT2D eigenvalue weighted by atomic mass is 10.0. The molecule has 1 fully saturated rings. The van der Waals surface area contributed by atoms with Crippen molar-refractivity contribution in [2.45, 2.75) is 19.3 Å². The molecule has 3 aromatic rings. The minimum Gasteiger partial charge on any atom is -0.385 e. The van der Waals surface area contributed by atoms with Gasteiger partial charge in [0.15, 0.2) is 11.6 Å². The van der Waals surface area contributed by atoms with E-state index in [9.17, 15) is 13.2 Å². The van der Waals surface area contributed by atoms with Gasteiger partial charge in [0.2, 0.25) is 0 Å². The molecule has 0 radical (unpaired) electrons. The molecular weight excluding hydrogens is 451 g/mol. The zero-order valence-corrected chi connectivity index (χ0v) is 18.9. The summed E-state index contributed by atoms with van der Waals surface area (Å²) < 4.78 is 49.0. The molecule has 12 heteroatoms. The number of halogens is 1. The minimum atomic E-state index is -3.90. The normalized spacial score (nSPS) is 14.6. The molecule has 0 bridgehead atoms. The molecule has 0 spiro atoms. The second-order valence-electron chi connectivity index (χ2n) is 7.63. The number of methoxy groups -OCH3 is 1. The first-order valence-electron chi connectivity index (χ1n) is 10.6. The van der Waals surface area contributed by atoms with Gasteiger partial charge in [0.05, 0.1) is 22.2 Å². The molecule has 1 aliphatic heterocycles. The van der Waals surface area contributed by atoms with Crippen LogP contribution in [0.2, 0.25) is 0 Å². The van der Waals surface area contributed by atoms with Gasteiger partial charge < -0.3 is 15.0 Å². The SMILES string of the molecule is COCCCNc1ncnc2[nH]cc(C(=O)c3cccc(NS(=O)(=O)N4CCCC4)c3F)c12. The van der Waals surface area contributed by atoms with E-state index < -0.39 is 21.8 Å². The van der Waals surface area contributed by atoms with E-state index in [4.69, 9.17) is 4.74 Å². The molecule has 1 aromatic carbocycles. The fourth-order valence-electron chi connectivity index (χ4n) is 3.76. The number of ether oxygens (including phenoxy) is 1. The van der Waals surface area contributed by atoms with Crippen LogP contribution in [0.5, 0.6) is 0 Å².